The number of aromatic amines is 2. The van der Waals surface area contributed by atoms with Gasteiger partial charge in [-0.2, -0.15) is 5.10 Å². The zero-order chi connectivity index (χ0) is 96.7. The van der Waals surface area contributed by atoms with Crippen molar-refractivity contribution >= 4 is 91.0 Å². The lowest BCUT2D eigenvalue weighted by molar-refractivity contribution is -0.130. The second-order valence-corrected chi connectivity index (χ2v) is 42.6. The Hall–Kier alpha value is -11.1. The van der Waals surface area contributed by atoms with Gasteiger partial charge in [0.1, 0.15) is 6.67 Å². The maximum absolute atomic E-state index is 11.8. The summed E-state index contributed by atoms with van der Waals surface area (Å²) >= 11 is 0. The summed E-state index contributed by atoms with van der Waals surface area (Å²) in [7, 11) is 0. The van der Waals surface area contributed by atoms with Crippen LogP contribution in [0.5, 0.6) is 0 Å². The first-order valence-corrected chi connectivity index (χ1v) is 46.6. The monoisotopic (exact) mass is 1800 g/mol. The molecule has 26 heteroatoms. The number of imidazole rings is 1. The summed E-state index contributed by atoms with van der Waals surface area (Å²) in [5.74, 6) is 0.705. The second kappa shape index (κ2) is 48.9. The van der Waals surface area contributed by atoms with E-state index in [4.69, 9.17) is 0 Å². The van der Waals surface area contributed by atoms with Crippen molar-refractivity contribution in [3.8, 4) is 0 Å². The van der Waals surface area contributed by atoms with E-state index in [-0.39, 0.29) is 90.6 Å². The normalized spacial score (nSPS) is 14.5. The van der Waals surface area contributed by atoms with Gasteiger partial charge in [-0.25, -0.2) is 9.67 Å². The van der Waals surface area contributed by atoms with Gasteiger partial charge in [-0.05, 0) is 134 Å². The number of carbonyl (C=O) groups is 8. The van der Waals surface area contributed by atoms with E-state index in [1.54, 1.807) is 17.2 Å². The highest BCUT2D eigenvalue weighted by Crippen LogP contribution is 2.26. The number of para-hydroxylation sites is 5. The molecule has 14 rings (SSSR count). The van der Waals surface area contributed by atoms with Crippen LogP contribution in [0.15, 0.2) is 170 Å². The lowest BCUT2D eigenvalue weighted by Crippen LogP contribution is -2.44. The third kappa shape index (κ3) is 36.6. The number of benzene rings is 6. The van der Waals surface area contributed by atoms with Crippen LogP contribution in [-0.4, -0.2) is 162 Å². The molecule has 26 nitrogen and oxygen atoms in total. The third-order valence-corrected chi connectivity index (χ3v) is 22.4. The van der Waals surface area contributed by atoms with Crippen LogP contribution in [0.3, 0.4) is 0 Å². The highest BCUT2D eigenvalue weighted by atomic mass is 16.2. The van der Waals surface area contributed by atoms with Crippen molar-refractivity contribution in [2.24, 2.45) is 43.3 Å². The van der Waals surface area contributed by atoms with Gasteiger partial charge in [-0.3, -0.25) is 58.0 Å². The minimum absolute atomic E-state index is 0.0251. The number of carbonyl (C=O) groups excluding carboxylic acids is 8. The molecular weight excluding hydrogens is 1640 g/mol. The van der Waals surface area contributed by atoms with Crippen LogP contribution < -0.4 is 42.5 Å². The topological polar surface area (TPSA) is 313 Å². The highest BCUT2D eigenvalue weighted by molar-refractivity contribution is 5.87. The Morgan fingerprint density at radius 3 is 1.14 bits per heavy atom. The smallest absolute Gasteiger partial charge is 0.226 e. The molecule has 2 fully saturated rings. The summed E-state index contributed by atoms with van der Waals surface area (Å²) < 4.78 is 3.72. The Kier molecular flexibility index (Phi) is 39.9. The van der Waals surface area contributed by atoms with Gasteiger partial charge in [0.05, 0.1) is 69.0 Å². The molecule has 8 heterocycles. The van der Waals surface area contributed by atoms with Gasteiger partial charge in [0, 0.05) is 110 Å². The Labute approximate surface area is 780 Å². The fourth-order valence-electron chi connectivity index (χ4n) is 13.7. The molecule has 131 heavy (non-hydrogen) atoms. The molecule has 0 bridgehead atoms. The van der Waals surface area contributed by atoms with Crippen molar-refractivity contribution in [2.75, 3.05) is 65.9 Å². The first-order chi connectivity index (χ1) is 61.3. The molecule has 4 aromatic heterocycles. The number of nitrogens with one attached hydrogen (secondary N) is 10. The van der Waals surface area contributed by atoms with Gasteiger partial charge in [0.2, 0.25) is 47.3 Å². The number of hydrogen-bond donors (Lipinski definition) is 10. The average molecular weight is 1800 g/mol. The van der Waals surface area contributed by atoms with Crippen LogP contribution in [-0.2, 0) is 90.7 Å². The Bertz CT molecular complexity index is 4930. The molecule has 0 saturated carbocycles. The standard InChI is InChI=1S/2C15H22N2O.2C14H18N2O.2C13H17N3O.C11H22N2O.C10H20N2O/c2*1-15(2,3)14(18)16-11-17-9-8-12-6-4-5-7-13(12)10-17;1-14(2,3)13(17)16-9-10-8-15-12-7-5-4-6-11(10)12;1-14(2,3)13(17)15-9-11-8-10-6-4-5-7-12(10)16-11;1-13(2,3)12(17)15-9-16-8-14-10-6-4-5-7-11(10)16;1-13(2,3)12(17)14-9-16-11-7-5-4-6-10(11)8-15-16;1-11(2,3)10(14)12-9-13-7-5-4-6-8-13;1-10(2,3)9(13)11-8-12-6-4-5-7-12/h2*4-7H,8-11H2,1-3H3,(H,16,18);4-8,15H,9H2,1-3H3,(H,16,17);4-8,16H,9H2,1-3H3,(H,15,17);4-8H,9H2,1-3H3,(H,15,17);4-8H,9H2,1-3H3,(H,14,17);4-9H2,1-3H3,(H,12,14);4-8H2,1-3H3,(H,11,13). The molecule has 4 aliphatic heterocycles. The van der Waals surface area contributed by atoms with Crippen LogP contribution in [0.1, 0.15) is 232 Å². The summed E-state index contributed by atoms with van der Waals surface area (Å²) in [6.45, 7) is 59.2. The minimum atomic E-state index is -0.372. The maximum Gasteiger partial charge on any atom is 0.226 e. The molecule has 10 N–H and O–H groups in total. The molecule has 4 aliphatic rings. The molecule has 0 radical (unpaired) electrons. The third-order valence-electron chi connectivity index (χ3n) is 22.4. The maximum atomic E-state index is 11.8. The van der Waals surface area contributed by atoms with Crippen molar-refractivity contribution in [3.05, 3.63) is 204 Å². The fraction of sp³-hybridized carbons (Fsp3) is 0.524. The fourth-order valence-corrected chi connectivity index (χ4v) is 13.7. The molecule has 10 aromatic rings. The number of piperidine rings is 1. The Morgan fingerprint density at radius 2 is 0.687 bits per heavy atom. The zero-order valence-corrected chi connectivity index (χ0v) is 83.3. The lowest BCUT2D eigenvalue weighted by atomic mass is 9.95. The summed E-state index contributed by atoms with van der Waals surface area (Å²) in [5, 5.41) is 31.3. The van der Waals surface area contributed by atoms with Gasteiger partial charge in [-0.1, -0.05) is 288 Å². The van der Waals surface area contributed by atoms with E-state index in [1.807, 2.05) is 262 Å². The van der Waals surface area contributed by atoms with Crippen molar-refractivity contribution < 1.29 is 38.4 Å². The number of H-pyrrole nitrogens is 2. The highest BCUT2D eigenvalue weighted by Gasteiger charge is 2.29. The van der Waals surface area contributed by atoms with Gasteiger partial charge < -0.3 is 57.1 Å². The van der Waals surface area contributed by atoms with Crippen LogP contribution in [0, 0.1) is 43.3 Å². The number of hydrogen-bond acceptors (Lipinski definition) is 14. The van der Waals surface area contributed by atoms with Crippen LogP contribution in [0.25, 0.3) is 43.7 Å². The summed E-state index contributed by atoms with van der Waals surface area (Å²) in [4.78, 5) is 114. The van der Waals surface area contributed by atoms with Crippen LogP contribution in [0.2, 0.25) is 0 Å². The lowest BCUT2D eigenvalue weighted by Gasteiger charge is -2.30. The van der Waals surface area contributed by atoms with E-state index in [0.29, 0.717) is 39.8 Å². The molecule has 6 aromatic carbocycles. The molecule has 2 saturated heterocycles. The zero-order valence-electron chi connectivity index (χ0n) is 83.3. The SMILES string of the molecule is CC(C)(C)C(=O)NCN1CCCC1.CC(C)(C)C(=O)NCN1CCCCC1.CC(C)(C)C(=O)NCN1CCc2ccccc2C1.CC(C)(C)C(=O)NCN1CCc2ccccc2C1.CC(C)(C)C(=O)NCc1c[nH]c2ccccc12.CC(C)(C)C(=O)NCc1cc2ccccc2[nH]1.CC(C)(C)C(=O)NCn1cnc2ccccc21.CC(C)(C)C(=O)NCn1ncc2ccccc21. The van der Waals surface area contributed by atoms with E-state index in [0.717, 1.165) is 123 Å². The van der Waals surface area contributed by atoms with Crippen LogP contribution in [0.4, 0.5) is 0 Å². The molecule has 0 aliphatic carbocycles. The molecule has 0 atom stereocenters. The number of amides is 8. The van der Waals surface area contributed by atoms with Crippen molar-refractivity contribution in [2.45, 2.75) is 251 Å². The number of fused-ring (bicyclic) bond motifs is 6. The van der Waals surface area contributed by atoms with Crippen LogP contribution >= 0.6 is 0 Å². The molecule has 8 amide bonds. The molecular formula is C105H156N18O8. The largest absolute Gasteiger partial charge is 0.361 e. The number of aromatic nitrogens is 6. The van der Waals surface area contributed by atoms with Gasteiger partial charge in [0.25, 0.3) is 0 Å². The first kappa shape index (κ1) is 107. The molecule has 0 unspecified atom stereocenters. The Morgan fingerprint density at radius 1 is 0.336 bits per heavy atom. The predicted octanol–water partition coefficient (Wildman–Crippen LogP) is 17.1. The van der Waals surface area contributed by atoms with E-state index < -0.39 is 0 Å². The second-order valence-electron chi connectivity index (χ2n) is 42.6. The number of nitrogens with zero attached hydrogens (tertiary/aromatic N) is 8. The van der Waals surface area contributed by atoms with Crippen molar-refractivity contribution in [1.82, 2.24) is 91.4 Å². The summed E-state index contributed by atoms with van der Waals surface area (Å²) in [6.07, 6.45) is 14.1. The van der Waals surface area contributed by atoms with Gasteiger partial charge in [-0.15, -0.1) is 0 Å². The van der Waals surface area contributed by atoms with E-state index in [2.05, 4.69) is 149 Å². The van der Waals surface area contributed by atoms with E-state index in [1.165, 1.54) is 65.1 Å². The predicted molar refractivity (Wildman–Crippen MR) is 531 cm³/mol. The summed E-state index contributed by atoms with van der Waals surface area (Å²) in [5.41, 5.74) is 10.4. The van der Waals surface area contributed by atoms with Crippen molar-refractivity contribution in [1.29, 1.82) is 0 Å². The summed E-state index contributed by atoms with van der Waals surface area (Å²) in [6, 6.07) is 51.1. The van der Waals surface area contributed by atoms with E-state index >= 15 is 0 Å². The number of rotatable bonds is 16. The molecule has 0 spiro atoms. The first-order valence-electron chi connectivity index (χ1n) is 46.6. The van der Waals surface area contributed by atoms with Crippen molar-refractivity contribution in [3.63, 3.8) is 0 Å². The Balaban J connectivity index is 0.000000205. The number of likely N-dealkylation sites (tertiary alicyclic amines) is 2. The van der Waals surface area contributed by atoms with Gasteiger partial charge in [0.15, 0.2) is 0 Å². The van der Waals surface area contributed by atoms with Gasteiger partial charge >= 0.3 is 0 Å². The average Bonchev–Trinajstić information content (AvgIpc) is 1.77. The quantitative estimate of drug-likeness (QED) is 0.0430. The molecule has 714 valence electrons. The minimum Gasteiger partial charge on any atom is -0.361 e. The van der Waals surface area contributed by atoms with E-state index in [9.17, 15) is 38.4 Å².